The molecule has 18 heavy (non-hydrogen) atoms. The second kappa shape index (κ2) is 5.99. The Morgan fingerprint density at radius 2 is 1.89 bits per heavy atom. The lowest BCUT2D eigenvalue weighted by molar-refractivity contribution is 0.304. The number of sulfonamides is 1. The Balaban J connectivity index is 2.66. The van der Waals surface area contributed by atoms with Gasteiger partial charge in [-0.25, -0.2) is 18.5 Å². The standard InChI is InChI=1S/C11H21N3O2S2/c1-7(2)9(8(3)4)5-13-11-14-6-10(17-11)18(12,15)16/h6-9H,5H2,1-4H3,(H,13,14)(H2,12,15,16). The largest absolute Gasteiger partial charge is 0.361 e. The van der Waals surface area contributed by atoms with Crippen LogP contribution in [0.3, 0.4) is 0 Å². The van der Waals surface area contributed by atoms with Gasteiger partial charge in [0.1, 0.15) is 0 Å². The molecule has 0 aromatic carbocycles. The molecule has 104 valence electrons. The van der Waals surface area contributed by atoms with Crippen LogP contribution in [0.1, 0.15) is 27.7 Å². The first-order chi connectivity index (χ1) is 8.21. The fourth-order valence-corrected chi connectivity index (χ4v) is 3.38. The van der Waals surface area contributed by atoms with Crippen molar-refractivity contribution in [3.8, 4) is 0 Å². The van der Waals surface area contributed by atoms with Crippen LogP contribution in [0.25, 0.3) is 0 Å². The van der Waals surface area contributed by atoms with Gasteiger partial charge >= 0.3 is 0 Å². The Hall–Kier alpha value is -0.660. The van der Waals surface area contributed by atoms with Gasteiger partial charge in [-0.1, -0.05) is 39.0 Å². The highest BCUT2D eigenvalue weighted by Crippen LogP contribution is 2.24. The summed E-state index contributed by atoms with van der Waals surface area (Å²) < 4.78 is 22.3. The predicted octanol–water partition coefficient (Wildman–Crippen LogP) is 2.13. The number of nitrogens with zero attached hydrogens (tertiary/aromatic N) is 1. The smallest absolute Gasteiger partial charge is 0.249 e. The molecule has 0 atom stereocenters. The molecule has 0 radical (unpaired) electrons. The highest BCUT2D eigenvalue weighted by molar-refractivity contribution is 7.91. The highest BCUT2D eigenvalue weighted by atomic mass is 32.2. The monoisotopic (exact) mass is 291 g/mol. The van der Waals surface area contributed by atoms with Gasteiger partial charge in [0.05, 0.1) is 6.20 Å². The van der Waals surface area contributed by atoms with E-state index in [1.165, 1.54) is 6.20 Å². The lowest BCUT2D eigenvalue weighted by Gasteiger charge is -2.24. The van der Waals surface area contributed by atoms with E-state index in [0.29, 0.717) is 22.9 Å². The lowest BCUT2D eigenvalue weighted by atomic mass is 9.86. The first-order valence-corrected chi connectivity index (χ1v) is 8.30. The number of aromatic nitrogens is 1. The summed E-state index contributed by atoms with van der Waals surface area (Å²) in [5.74, 6) is 1.65. The third-order valence-corrected chi connectivity index (χ3v) is 5.33. The van der Waals surface area contributed by atoms with E-state index in [9.17, 15) is 8.42 Å². The van der Waals surface area contributed by atoms with Gasteiger partial charge in [0.15, 0.2) is 9.34 Å². The fraction of sp³-hybridized carbons (Fsp3) is 0.727. The van der Waals surface area contributed by atoms with Crippen LogP contribution in [0, 0.1) is 17.8 Å². The summed E-state index contributed by atoms with van der Waals surface area (Å²) in [6.45, 7) is 9.52. The average molecular weight is 291 g/mol. The van der Waals surface area contributed by atoms with Gasteiger partial charge in [-0.3, -0.25) is 0 Å². The lowest BCUT2D eigenvalue weighted by Crippen LogP contribution is -2.24. The van der Waals surface area contributed by atoms with Crippen LogP contribution in [-0.2, 0) is 10.0 Å². The number of rotatable bonds is 6. The Kier molecular flexibility index (Phi) is 5.12. The van der Waals surface area contributed by atoms with Crippen molar-refractivity contribution in [2.45, 2.75) is 31.9 Å². The second-order valence-corrected chi connectivity index (χ2v) is 7.88. The summed E-state index contributed by atoms with van der Waals surface area (Å²) in [7, 11) is -3.64. The summed E-state index contributed by atoms with van der Waals surface area (Å²) in [5, 5.41) is 8.83. The van der Waals surface area contributed by atoms with Gasteiger partial charge in [-0.05, 0) is 17.8 Å². The van der Waals surface area contributed by atoms with Gasteiger partial charge < -0.3 is 5.32 Å². The molecular formula is C11H21N3O2S2. The first kappa shape index (κ1) is 15.4. The third kappa shape index (κ3) is 4.22. The molecule has 3 N–H and O–H groups in total. The molecule has 0 bridgehead atoms. The van der Waals surface area contributed by atoms with Crippen LogP contribution in [0.15, 0.2) is 10.4 Å². The number of thiazole rings is 1. The van der Waals surface area contributed by atoms with Gasteiger partial charge in [0.25, 0.3) is 0 Å². The highest BCUT2D eigenvalue weighted by Gasteiger charge is 2.18. The van der Waals surface area contributed by atoms with Crippen molar-refractivity contribution in [2.75, 3.05) is 11.9 Å². The van der Waals surface area contributed by atoms with Crippen molar-refractivity contribution in [3.05, 3.63) is 6.20 Å². The zero-order valence-corrected chi connectivity index (χ0v) is 12.8. The van der Waals surface area contributed by atoms with E-state index in [0.717, 1.165) is 17.9 Å². The first-order valence-electron chi connectivity index (χ1n) is 5.94. The molecule has 0 amide bonds. The van der Waals surface area contributed by atoms with Crippen molar-refractivity contribution < 1.29 is 8.42 Å². The summed E-state index contributed by atoms with van der Waals surface area (Å²) in [6, 6.07) is 0. The molecule has 7 heteroatoms. The topological polar surface area (TPSA) is 85.1 Å². The molecule has 0 aliphatic heterocycles. The molecule has 0 saturated carbocycles. The van der Waals surface area contributed by atoms with Crippen LogP contribution >= 0.6 is 11.3 Å². The Labute approximate surface area is 113 Å². The minimum absolute atomic E-state index is 0.0932. The number of hydrogen-bond acceptors (Lipinski definition) is 5. The molecule has 0 spiro atoms. The average Bonchev–Trinajstić information content (AvgIpc) is 2.64. The Bertz CT molecular complexity index is 472. The molecule has 1 heterocycles. The third-order valence-electron chi connectivity index (χ3n) is 2.97. The molecule has 0 aliphatic carbocycles. The quantitative estimate of drug-likeness (QED) is 0.841. The summed E-state index contributed by atoms with van der Waals surface area (Å²) in [6.07, 6.45) is 1.29. The summed E-state index contributed by atoms with van der Waals surface area (Å²) in [4.78, 5) is 4.02. The predicted molar refractivity (Wildman–Crippen MR) is 75.1 cm³/mol. The Morgan fingerprint density at radius 1 is 1.33 bits per heavy atom. The van der Waals surface area contributed by atoms with Crippen LogP contribution in [0.4, 0.5) is 5.13 Å². The molecule has 0 unspecified atom stereocenters. The second-order valence-electron chi connectivity index (χ2n) is 5.06. The molecular weight excluding hydrogens is 270 g/mol. The summed E-state index contributed by atoms with van der Waals surface area (Å²) in [5.41, 5.74) is 0. The van der Waals surface area contributed by atoms with Crippen molar-refractivity contribution in [1.82, 2.24) is 4.98 Å². The normalized spacial score (nSPS) is 12.7. The van der Waals surface area contributed by atoms with Crippen LogP contribution in [0.2, 0.25) is 0 Å². The number of nitrogens with one attached hydrogen (secondary N) is 1. The molecule has 1 rings (SSSR count). The van der Waals surface area contributed by atoms with E-state index in [2.05, 4.69) is 38.0 Å². The van der Waals surface area contributed by atoms with Gasteiger partial charge in [0.2, 0.25) is 10.0 Å². The van der Waals surface area contributed by atoms with E-state index in [1.54, 1.807) is 0 Å². The molecule has 0 fully saturated rings. The van der Waals surface area contributed by atoms with Crippen molar-refractivity contribution in [3.63, 3.8) is 0 Å². The Morgan fingerprint density at radius 3 is 2.28 bits per heavy atom. The van der Waals surface area contributed by atoms with E-state index in [-0.39, 0.29) is 4.21 Å². The molecule has 1 aromatic heterocycles. The van der Waals surface area contributed by atoms with E-state index < -0.39 is 10.0 Å². The van der Waals surface area contributed by atoms with Crippen LogP contribution < -0.4 is 10.5 Å². The van der Waals surface area contributed by atoms with Crippen molar-refractivity contribution in [1.29, 1.82) is 0 Å². The van der Waals surface area contributed by atoms with Crippen LogP contribution in [0.5, 0.6) is 0 Å². The summed E-state index contributed by atoms with van der Waals surface area (Å²) >= 11 is 1.07. The van der Waals surface area contributed by atoms with Crippen LogP contribution in [-0.4, -0.2) is 19.9 Å². The number of nitrogens with two attached hydrogens (primary N) is 1. The molecule has 0 aliphatic rings. The maximum absolute atomic E-state index is 11.1. The van der Waals surface area contributed by atoms with E-state index in [1.807, 2.05) is 0 Å². The fourth-order valence-electron chi connectivity index (χ4n) is 1.92. The van der Waals surface area contributed by atoms with Gasteiger partial charge in [-0.15, -0.1) is 0 Å². The molecule has 1 aromatic rings. The SMILES string of the molecule is CC(C)C(CNc1ncc(S(N)(=O)=O)s1)C(C)C. The number of anilines is 1. The van der Waals surface area contributed by atoms with Crippen molar-refractivity contribution in [2.24, 2.45) is 22.9 Å². The van der Waals surface area contributed by atoms with Crippen molar-refractivity contribution >= 4 is 26.5 Å². The van der Waals surface area contributed by atoms with Gasteiger partial charge in [0, 0.05) is 6.54 Å². The minimum atomic E-state index is -3.64. The number of hydrogen-bond donors (Lipinski definition) is 2. The number of primary sulfonamides is 1. The van der Waals surface area contributed by atoms with E-state index >= 15 is 0 Å². The molecule has 5 nitrogen and oxygen atoms in total. The van der Waals surface area contributed by atoms with Gasteiger partial charge in [-0.2, -0.15) is 0 Å². The maximum atomic E-state index is 11.1. The zero-order valence-electron chi connectivity index (χ0n) is 11.2. The zero-order chi connectivity index (χ0) is 13.9. The maximum Gasteiger partial charge on any atom is 0.249 e. The van der Waals surface area contributed by atoms with E-state index in [4.69, 9.17) is 5.14 Å². The minimum Gasteiger partial charge on any atom is -0.361 e. The molecule has 0 saturated heterocycles.